The topological polar surface area (TPSA) is 81.9 Å². The summed E-state index contributed by atoms with van der Waals surface area (Å²) < 4.78 is 43.1. The Kier molecular flexibility index (Phi) is 5.71. The largest absolute Gasteiger partial charge is 0.497 e. The molecule has 28 heavy (non-hydrogen) atoms. The number of rotatable bonds is 7. The molecule has 0 spiro atoms. The molecule has 0 fully saturated rings. The molecule has 1 heterocycles. The van der Waals surface area contributed by atoms with Crippen LogP contribution in [0.15, 0.2) is 57.8 Å². The highest BCUT2D eigenvalue weighted by Gasteiger charge is 2.24. The number of aryl methyl sites for hydroxylation is 1. The van der Waals surface area contributed by atoms with E-state index in [4.69, 9.17) is 13.9 Å². The van der Waals surface area contributed by atoms with Gasteiger partial charge in [0.2, 0.25) is 15.9 Å². The molecule has 7 nitrogen and oxygen atoms in total. The van der Waals surface area contributed by atoms with Crippen LogP contribution >= 0.6 is 0 Å². The van der Waals surface area contributed by atoms with Crippen molar-refractivity contribution in [2.24, 2.45) is 0 Å². The summed E-state index contributed by atoms with van der Waals surface area (Å²) in [6.07, 6.45) is 0. The number of sulfonamides is 1. The van der Waals surface area contributed by atoms with E-state index >= 15 is 0 Å². The molecular weight excluding hydrogens is 380 g/mol. The molecule has 0 unspecified atom stereocenters. The van der Waals surface area contributed by atoms with Crippen LogP contribution in [0.3, 0.4) is 0 Å². The maximum Gasteiger partial charge on any atom is 0.243 e. The molecular formula is C20H22N2O5S. The van der Waals surface area contributed by atoms with E-state index in [1.54, 1.807) is 26.2 Å². The van der Waals surface area contributed by atoms with Crippen LogP contribution in [0.2, 0.25) is 0 Å². The lowest BCUT2D eigenvalue weighted by Gasteiger charge is -2.16. The van der Waals surface area contributed by atoms with Gasteiger partial charge in [0.25, 0.3) is 0 Å². The van der Waals surface area contributed by atoms with E-state index < -0.39 is 10.0 Å². The van der Waals surface area contributed by atoms with Gasteiger partial charge in [-0.3, -0.25) is 0 Å². The van der Waals surface area contributed by atoms with Gasteiger partial charge in [0.1, 0.15) is 17.3 Å². The predicted molar refractivity (Wildman–Crippen MR) is 105 cm³/mol. The van der Waals surface area contributed by atoms with E-state index in [2.05, 4.69) is 4.98 Å². The molecule has 0 atom stereocenters. The molecule has 2 aromatic carbocycles. The standard InChI is InChI=1S/C20H22N2O5S/c1-14-18(21-20(27-14)17-7-5-6-8-19(17)26-4)13-22(2)28(23,24)16-11-9-15(25-3)10-12-16/h5-12H,13H2,1-4H3. The number of aromatic nitrogens is 1. The zero-order valence-corrected chi connectivity index (χ0v) is 17.0. The molecule has 0 aliphatic heterocycles. The van der Waals surface area contributed by atoms with Crippen molar-refractivity contribution in [2.75, 3.05) is 21.3 Å². The minimum atomic E-state index is -3.68. The molecule has 8 heteroatoms. The van der Waals surface area contributed by atoms with E-state index in [-0.39, 0.29) is 11.4 Å². The third-order valence-corrected chi connectivity index (χ3v) is 6.19. The minimum Gasteiger partial charge on any atom is -0.497 e. The third kappa shape index (κ3) is 3.88. The van der Waals surface area contributed by atoms with Crippen LogP contribution in [-0.2, 0) is 16.6 Å². The van der Waals surface area contributed by atoms with Gasteiger partial charge >= 0.3 is 0 Å². The highest BCUT2D eigenvalue weighted by atomic mass is 32.2. The van der Waals surface area contributed by atoms with E-state index in [9.17, 15) is 8.42 Å². The molecule has 0 aliphatic rings. The number of oxazole rings is 1. The molecule has 0 amide bonds. The Balaban J connectivity index is 1.86. The second-order valence-corrected chi connectivity index (χ2v) is 8.20. The summed E-state index contributed by atoms with van der Waals surface area (Å²) in [4.78, 5) is 4.67. The third-order valence-electron chi connectivity index (χ3n) is 4.37. The summed E-state index contributed by atoms with van der Waals surface area (Å²) in [5, 5.41) is 0. The lowest BCUT2D eigenvalue weighted by molar-refractivity contribution is 0.414. The van der Waals surface area contributed by atoms with Crippen LogP contribution in [0.1, 0.15) is 11.5 Å². The molecule has 0 saturated heterocycles. The van der Waals surface area contributed by atoms with E-state index in [0.29, 0.717) is 34.4 Å². The summed E-state index contributed by atoms with van der Waals surface area (Å²) in [7, 11) is 0.939. The number of nitrogens with zero attached hydrogens (tertiary/aromatic N) is 2. The number of benzene rings is 2. The molecule has 0 N–H and O–H groups in total. The average Bonchev–Trinajstić information content (AvgIpc) is 3.08. The lowest BCUT2D eigenvalue weighted by atomic mass is 10.2. The first-order valence-corrected chi connectivity index (χ1v) is 10.0. The highest BCUT2D eigenvalue weighted by molar-refractivity contribution is 7.89. The van der Waals surface area contributed by atoms with Gasteiger partial charge in [-0.25, -0.2) is 13.4 Å². The van der Waals surface area contributed by atoms with Gasteiger partial charge < -0.3 is 13.9 Å². The quantitative estimate of drug-likeness (QED) is 0.602. The van der Waals surface area contributed by atoms with Gasteiger partial charge in [-0.15, -0.1) is 0 Å². The summed E-state index contributed by atoms with van der Waals surface area (Å²) in [6, 6.07) is 13.6. The van der Waals surface area contributed by atoms with Crippen LogP contribution in [0.25, 0.3) is 11.5 Å². The Morgan fingerprint density at radius 2 is 1.71 bits per heavy atom. The Morgan fingerprint density at radius 1 is 1.04 bits per heavy atom. The number of para-hydroxylation sites is 1. The number of hydrogen-bond acceptors (Lipinski definition) is 6. The van der Waals surface area contributed by atoms with Crippen molar-refractivity contribution >= 4 is 10.0 Å². The molecule has 0 aliphatic carbocycles. The van der Waals surface area contributed by atoms with Crippen LogP contribution < -0.4 is 9.47 Å². The monoisotopic (exact) mass is 402 g/mol. The van der Waals surface area contributed by atoms with Crippen molar-refractivity contribution in [3.8, 4) is 23.0 Å². The van der Waals surface area contributed by atoms with Crippen molar-refractivity contribution in [1.82, 2.24) is 9.29 Å². The van der Waals surface area contributed by atoms with Crippen molar-refractivity contribution in [2.45, 2.75) is 18.4 Å². The summed E-state index contributed by atoms with van der Waals surface area (Å²) in [5.41, 5.74) is 1.25. The van der Waals surface area contributed by atoms with E-state index in [0.717, 1.165) is 0 Å². The molecule has 1 aromatic heterocycles. The fourth-order valence-electron chi connectivity index (χ4n) is 2.73. The van der Waals surface area contributed by atoms with Crippen molar-refractivity contribution in [3.05, 3.63) is 60.0 Å². The van der Waals surface area contributed by atoms with Gasteiger partial charge in [-0.1, -0.05) is 12.1 Å². The first kappa shape index (κ1) is 19.9. The summed E-state index contributed by atoms with van der Waals surface area (Å²) in [6.45, 7) is 1.84. The zero-order chi connectivity index (χ0) is 20.3. The Morgan fingerprint density at radius 3 is 2.36 bits per heavy atom. The highest BCUT2D eigenvalue weighted by Crippen LogP contribution is 2.31. The fourth-order valence-corrected chi connectivity index (χ4v) is 3.87. The molecule has 0 radical (unpaired) electrons. The number of methoxy groups -OCH3 is 2. The van der Waals surface area contributed by atoms with Gasteiger partial charge in [0, 0.05) is 7.05 Å². The predicted octanol–water partition coefficient (Wildman–Crippen LogP) is 3.49. The van der Waals surface area contributed by atoms with Gasteiger partial charge in [-0.05, 0) is 43.3 Å². The molecule has 3 aromatic rings. The zero-order valence-electron chi connectivity index (χ0n) is 16.2. The van der Waals surface area contributed by atoms with Crippen LogP contribution in [0.5, 0.6) is 11.5 Å². The van der Waals surface area contributed by atoms with Crippen molar-refractivity contribution < 1.29 is 22.3 Å². The molecule has 0 saturated carbocycles. The van der Waals surface area contributed by atoms with E-state index in [1.165, 1.54) is 30.6 Å². The maximum atomic E-state index is 12.8. The van der Waals surface area contributed by atoms with Gasteiger partial charge in [0.05, 0.1) is 36.9 Å². The summed E-state index contributed by atoms with van der Waals surface area (Å²) >= 11 is 0. The first-order chi connectivity index (χ1) is 13.4. The Labute approximate surface area is 164 Å². The van der Waals surface area contributed by atoms with Crippen molar-refractivity contribution in [3.63, 3.8) is 0 Å². The molecule has 0 bridgehead atoms. The lowest BCUT2D eigenvalue weighted by Crippen LogP contribution is -2.26. The second-order valence-electron chi connectivity index (χ2n) is 6.16. The van der Waals surface area contributed by atoms with Crippen LogP contribution in [-0.4, -0.2) is 39.0 Å². The molecule has 148 valence electrons. The van der Waals surface area contributed by atoms with Crippen LogP contribution in [0.4, 0.5) is 0 Å². The molecule has 3 rings (SSSR count). The second kappa shape index (κ2) is 8.04. The normalized spacial score (nSPS) is 11.6. The fraction of sp³-hybridized carbons (Fsp3) is 0.250. The van der Waals surface area contributed by atoms with E-state index in [1.807, 2.05) is 24.3 Å². The number of ether oxygens (including phenoxy) is 2. The first-order valence-electron chi connectivity index (χ1n) is 8.57. The van der Waals surface area contributed by atoms with Gasteiger partial charge in [0.15, 0.2) is 0 Å². The SMILES string of the molecule is COc1ccc(S(=O)(=O)N(C)Cc2nc(-c3ccccc3OC)oc2C)cc1. The maximum absolute atomic E-state index is 12.8. The van der Waals surface area contributed by atoms with Gasteiger partial charge in [-0.2, -0.15) is 4.31 Å². The number of hydrogen-bond donors (Lipinski definition) is 0. The Hall–Kier alpha value is -2.84. The average molecular weight is 402 g/mol. The van der Waals surface area contributed by atoms with Crippen molar-refractivity contribution in [1.29, 1.82) is 0 Å². The summed E-state index contributed by atoms with van der Waals surface area (Å²) in [5.74, 6) is 2.17. The Bertz CT molecular complexity index is 1060. The van der Waals surface area contributed by atoms with Crippen LogP contribution in [0, 0.1) is 6.92 Å². The smallest absolute Gasteiger partial charge is 0.243 e. The minimum absolute atomic E-state index is 0.0822.